The molecule has 1 aliphatic rings. The van der Waals surface area contributed by atoms with Crippen LogP contribution in [0.15, 0.2) is 60.8 Å². The topological polar surface area (TPSA) is 72.9 Å². The first-order chi connectivity index (χ1) is 14.1. The molecule has 1 amide bonds. The Morgan fingerprint density at radius 2 is 1.73 bits per heavy atom. The van der Waals surface area contributed by atoms with Crippen molar-refractivity contribution in [1.29, 1.82) is 0 Å². The van der Waals surface area contributed by atoms with Crippen LogP contribution in [0.25, 0.3) is 11.3 Å². The van der Waals surface area contributed by atoms with Crippen LogP contribution in [-0.4, -0.2) is 27.8 Å². The second-order valence-corrected chi connectivity index (χ2v) is 8.03. The molecule has 2 aromatic carbocycles. The van der Waals surface area contributed by atoms with Crippen molar-refractivity contribution in [3.05, 3.63) is 77.5 Å². The van der Waals surface area contributed by atoms with Crippen LogP contribution in [0.1, 0.15) is 47.2 Å². The molecule has 4 rings (SSSR count). The average molecular weight is 425 g/mol. The zero-order valence-electron chi connectivity index (χ0n) is 17.3. The van der Waals surface area contributed by atoms with Gasteiger partial charge in [-0.1, -0.05) is 60.2 Å². The highest BCUT2D eigenvalue weighted by Gasteiger charge is 2.24. The second kappa shape index (κ2) is 9.92. The standard InChI is InChI=1S/C24H28N4O.ClH/c1-17-7-9-19(10-8-17)23-22(24(29)26-21-13-11-20(25)12-14-21)16-28(27-23)15-18-5-3-2-4-6-18;/h2-10,16,20-21H,11-15,25H2,1H3,(H,26,29);1H. The lowest BCUT2D eigenvalue weighted by atomic mass is 9.91. The lowest BCUT2D eigenvalue weighted by Crippen LogP contribution is -2.40. The number of nitrogens with two attached hydrogens (primary N) is 1. The van der Waals surface area contributed by atoms with Gasteiger partial charge in [-0.15, -0.1) is 12.4 Å². The third-order valence-corrected chi connectivity index (χ3v) is 5.63. The largest absolute Gasteiger partial charge is 0.349 e. The van der Waals surface area contributed by atoms with Gasteiger partial charge in [0.2, 0.25) is 0 Å². The van der Waals surface area contributed by atoms with Crippen LogP contribution in [0.4, 0.5) is 0 Å². The summed E-state index contributed by atoms with van der Waals surface area (Å²) >= 11 is 0. The quantitative estimate of drug-likeness (QED) is 0.640. The summed E-state index contributed by atoms with van der Waals surface area (Å²) in [7, 11) is 0. The third kappa shape index (κ3) is 5.29. The maximum atomic E-state index is 13.1. The van der Waals surface area contributed by atoms with Crippen molar-refractivity contribution < 1.29 is 4.79 Å². The summed E-state index contributed by atoms with van der Waals surface area (Å²) in [6, 6.07) is 18.8. The fraction of sp³-hybridized carbons (Fsp3) is 0.333. The molecule has 30 heavy (non-hydrogen) atoms. The van der Waals surface area contributed by atoms with Gasteiger partial charge in [-0.25, -0.2) is 0 Å². The van der Waals surface area contributed by atoms with Gasteiger partial charge in [0.05, 0.1) is 12.1 Å². The van der Waals surface area contributed by atoms with E-state index in [0.29, 0.717) is 12.1 Å². The molecular formula is C24H29ClN4O. The summed E-state index contributed by atoms with van der Waals surface area (Å²) in [4.78, 5) is 13.1. The number of rotatable bonds is 5. The van der Waals surface area contributed by atoms with Crippen molar-refractivity contribution in [3.8, 4) is 11.3 Å². The molecule has 1 aliphatic carbocycles. The number of nitrogens with one attached hydrogen (secondary N) is 1. The van der Waals surface area contributed by atoms with Gasteiger partial charge in [-0.2, -0.15) is 5.10 Å². The van der Waals surface area contributed by atoms with E-state index in [0.717, 1.165) is 42.5 Å². The summed E-state index contributed by atoms with van der Waals surface area (Å²) in [5.74, 6) is -0.0552. The molecule has 5 nitrogen and oxygen atoms in total. The van der Waals surface area contributed by atoms with Crippen molar-refractivity contribution in [1.82, 2.24) is 15.1 Å². The lowest BCUT2D eigenvalue weighted by Gasteiger charge is -2.26. The fourth-order valence-electron chi connectivity index (χ4n) is 3.89. The minimum absolute atomic E-state index is 0. The van der Waals surface area contributed by atoms with E-state index in [1.165, 1.54) is 5.56 Å². The van der Waals surface area contributed by atoms with Gasteiger partial charge in [-0.3, -0.25) is 9.48 Å². The first-order valence-electron chi connectivity index (χ1n) is 10.3. The average Bonchev–Trinajstić information content (AvgIpc) is 3.15. The van der Waals surface area contributed by atoms with E-state index in [4.69, 9.17) is 10.8 Å². The molecule has 0 spiro atoms. The summed E-state index contributed by atoms with van der Waals surface area (Å²) in [6.45, 7) is 2.68. The van der Waals surface area contributed by atoms with Crippen molar-refractivity contribution >= 4 is 18.3 Å². The van der Waals surface area contributed by atoms with Crippen LogP contribution in [0.3, 0.4) is 0 Å². The molecule has 1 saturated carbocycles. The lowest BCUT2D eigenvalue weighted by molar-refractivity contribution is 0.0926. The third-order valence-electron chi connectivity index (χ3n) is 5.63. The summed E-state index contributed by atoms with van der Waals surface area (Å²) in [5, 5.41) is 7.97. The molecule has 0 aliphatic heterocycles. The molecule has 3 aromatic rings. The zero-order valence-corrected chi connectivity index (χ0v) is 18.1. The first-order valence-corrected chi connectivity index (χ1v) is 10.3. The monoisotopic (exact) mass is 424 g/mol. The Labute approximate surface area is 184 Å². The Bertz CT molecular complexity index is 961. The van der Waals surface area contributed by atoms with Gasteiger partial charge in [-0.05, 0) is 38.2 Å². The SMILES string of the molecule is Cc1ccc(-c2nn(Cc3ccccc3)cc2C(=O)NC2CCC(N)CC2)cc1.Cl. The molecule has 0 saturated heterocycles. The number of amides is 1. The highest BCUT2D eigenvalue weighted by molar-refractivity contribution is 6.00. The van der Waals surface area contributed by atoms with Gasteiger partial charge in [0.1, 0.15) is 5.69 Å². The summed E-state index contributed by atoms with van der Waals surface area (Å²) in [5.41, 5.74) is 10.6. The summed E-state index contributed by atoms with van der Waals surface area (Å²) < 4.78 is 1.86. The van der Waals surface area contributed by atoms with E-state index in [-0.39, 0.29) is 30.4 Å². The predicted molar refractivity (Wildman–Crippen MR) is 123 cm³/mol. The molecule has 0 radical (unpaired) electrons. The molecule has 158 valence electrons. The molecule has 1 aromatic heterocycles. The minimum atomic E-state index is -0.0552. The number of aromatic nitrogens is 2. The smallest absolute Gasteiger partial charge is 0.255 e. The molecular weight excluding hydrogens is 396 g/mol. The Morgan fingerprint density at radius 3 is 2.40 bits per heavy atom. The number of aryl methyl sites for hydroxylation is 1. The van der Waals surface area contributed by atoms with E-state index in [1.807, 2.05) is 41.2 Å². The fourth-order valence-corrected chi connectivity index (χ4v) is 3.89. The number of hydrogen-bond acceptors (Lipinski definition) is 3. The molecule has 0 unspecified atom stereocenters. The number of halogens is 1. The Morgan fingerprint density at radius 1 is 1.07 bits per heavy atom. The maximum Gasteiger partial charge on any atom is 0.255 e. The Hall–Kier alpha value is -2.63. The molecule has 6 heteroatoms. The van der Waals surface area contributed by atoms with E-state index in [2.05, 4.69) is 36.5 Å². The van der Waals surface area contributed by atoms with Crippen molar-refractivity contribution in [2.75, 3.05) is 0 Å². The van der Waals surface area contributed by atoms with Crippen LogP contribution in [-0.2, 0) is 6.54 Å². The zero-order chi connectivity index (χ0) is 20.2. The molecule has 1 heterocycles. The molecule has 0 atom stereocenters. The number of benzene rings is 2. The second-order valence-electron chi connectivity index (χ2n) is 8.03. The van der Waals surface area contributed by atoms with E-state index in [1.54, 1.807) is 0 Å². The summed E-state index contributed by atoms with van der Waals surface area (Å²) in [6.07, 6.45) is 5.66. The van der Waals surface area contributed by atoms with Crippen LogP contribution in [0.5, 0.6) is 0 Å². The molecule has 1 fully saturated rings. The van der Waals surface area contributed by atoms with Gasteiger partial charge in [0, 0.05) is 23.8 Å². The maximum absolute atomic E-state index is 13.1. The minimum Gasteiger partial charge on any atom is -0.349 e. The highest BCUT2D eigenvalue weighted by atomic mass is 35.5. The number of carbonyl (C=O) groups excluding carboxylic acids is 1. The van der Waals surface area contributed by atoms with E-state index in [9.17, 15) is 4.79 Å². The van der Waals surface area contributed by atoms with Gasteiger partial charge < -0.3 is 11.1 Å². The first kappa shape index (κ1) is 22.1. The van der Waals surface area contributed by atoms with Crippen LogP contribution in [0, 0.1) is 6.92 Å². The van der Waals surface area contributed by atoms with Crippen LogP contribution >= 0.6 is 12.4 Å². The van der Waals surface area contributed by atoms with E-state index >= 15 is 0 Å². The predicted octanol–water partition coefficient (Wildman–Crippen LogP) is 4.33. The van der Waals surface area contributed by atoms with Crippen LogP contribution < -0.4 is 11.1 Å². The Balaban J connectivity index is 0.00000256. The van der Waals surface area contributed by atoms with Gasteiger partial charge >= 0.3 is 0 Å². The van der Waals surface area contributed by atoms with Crippen molar-refractivity contribution in [3.63, 3.8) is 0 Å². The number of carbonyl (C=O) groups is 1. The number of hydrogen-bond donors (Lipinski definition) is 2. The van der Waals surface area contributed by atoms with Crippen molar-refractivity contribution in [2.45, 2.75) is 51.2 Å². The molecule has 0 bridgehead atoms. The Kier molecular flexibility index (Phi) is 7.29. The van der Waals surface area contributed by atoms with Crippen molar-refractivity contribution in [2.24, 2.45) is 5.73 Å². The van der Waals surface area contributed by atoms with Crippen LogP contribution in [0.2, 0.25) is 0 Å². The normalized spacial score (nSPS) is 18.5. The van der Waals surface area contributed by atoms with Gasteiger partial charge in [0.25, 0.3) is 5.91 Å². The highest BCUT2D eigenvalue weighted by Crippen LogP contribution is 2.24. The van der Waals surface area contributed by atoms with E-state index < -0.39 is 0 Å². The molecule has 3 N–H and O–H groups in total. The number of nitrogens with zero attached hydrogens (tertiary/aromatic N) is 2. The van der Waals surface area contributed by atoms with Gasteiger partial charge in [0.15, 0.2) is 0 Å².